The molecule has 0 radical (unpaired) electrons. The smallest absolute Gasteiger partial charge is 0.211 e. The van der Waals surface area contributed by atoms with Gasteiger partial charge in [-0.3, -0.25) is 4.79 Å². The number of hydrogen-bond donors (Lipinski definition) is 0. The molecular weight excluding hydrogens is 214 g/mol. The molecule has 1 aromatic carbocycles. The summed E-state index contributed by atoms with van der Waals surface area (Å²) in [6, 6.07) is 4.02. The van der Waals surface area contributed by atoms with E-state index in [0.717, 1.165) is 12.1 Å². The lowest BCUT2D eigenvalue weighted by Crippen LogP contribution is -2.05. The number of carbonyl (C=O) groups is 1. The summed E-state index contributed by atoms with van der Waals surface area (Å²) in [4.78, 5) is 19.1. The first kappa shape index (κ1) is 10.4. The van der Waals surface area contributed by atoms with Crippen LogP contribution in [0.15, 0.2) is 36.8 Å². The number of benzene rings is 1. The molecule has 0 atom stereocenters. The molecule has 2 aromatic rings. The van der Waals surface area contributed by atoms with E-state index in [2.05, 4.69) is 9.97 Å². The number of rotatable bonds is 2. The highest BCUT2D eigenvalue weighted by atomic mass is 19.1. The summed E-state index contributed by atoms with van der Waals surface area (Å²) in [5, 5.41) is 0. The average Bonchev–Trinajstić information content (AvgIpc) is 2.28. The van der Waals surface area contributed by atoms with Gasteiger partial charge >= 0.3 is 0 Å². The van der Waals surface area contributed by atoms with Crippen LogP contribution in [0, 0.1) is 11.6 Å². The zero-order valence-electron chi connectivity index (χ0n) is 8.02. The standard InChI is InChI=1S/C11H6F2N2O/c12-8-3-7(4-9(13)5-8)11(16)10-1-2-14-6-15-10/h1-6H. The number of aromatic nitrogens is 2. The van der Waals surface area contributed by atoms with Crippen LogP contribution in [0.4, 0.5) is 8.78 Å². The Morgan fingerprint density at radius 1 is 1.12 bits per heavy atom. The van der Waals surface area contributed by atoms with Crippen molar-refractivity contribution in [3.8, 4) is 0 Å². The Kier molecular flexibility index (Phi) is 2.68. The largest absolute Gasteiger partial charge is 0.287 e. The Morgan fingerprint density at radius 3 is 2.38 bits per heavy atom. The molecule has 5 heteroatoms. The van der Waals surface area contributed by atoms with E-state index < -0.39 is 17.4 Å². The minimum Gasteiger partial charge on any atom is -0.287 e. The summed E-state index contributed by atoms with van der Waals surface area (Å²) in [6.07, 6.45) is 2.58. The van der Waals surface area contributed by atoms with Crippen molar-refractivity contribution in [3.63, 3.8) is 0 Å². The van der Waals surface area contributed by atoms with Crippen LogP contribution >= 0.6 is 0 Å². The molecule has 0 bridgehead atoms. The second-order valence-corrected chi connectivity index (χ2v) is 3.08. The van der Waals surface area contributed by atoms with Gasteiger partial charge in [-0.05, 0) is 18.2 Å². The van der Waals surface area contributed by atoms with Gasteiger partial charge in [0.25, 0.3) is 0 Å². The highest BCUT2D eigenvalue weighted by molar-refractivity contribution is 6.07. The maximum Gasteiger partial charge on any atom is 0.211 e. The Labute approximate surface area is 89.8 Å². The highest BCUT2D eigenvalue weighted by Gasteiger charge is 2.12. The number of halogens is 2. The van der Waals surface area contributed by atoms with Gasteiger partial charge in [-0.1, -0.05) is 0 Å². The van der Waals surface area contributed by atoms with Crippen LogP contribution in [0.5, 0.6) is 0 Å². The van der Waals surface area contributed by atoms with Crippen molar-refractivity contribution >= 4 is 5.78 Å². The van der Waals surface area contributed by atoms with E-state index >= 15 is 0 Å². The fraction of sp³-hybridized carbons (Fsp3) is 0. The maximum atomic E-state index is 12.9. The third-order valence-corrected chi connectivity index (χ3v) is 1.94. The van der Waals surface area contributed by atoms with E-state index in [1.807, 2.05) is 0 Å². The van der Waals surface area contributed by atoms with E-state index in [-0.39, 0.29) is 11.3 Å². The molecule has 0 spiro atoms. The number of nitrogens with zero attached hydrogens (tertiary/aromatic N) is 2. The molecule has 0 N–H and O–H groups in total. The lowest BCUT2D eigenvalue weighted by atomic mass is 10.1. The molecule has 0 amide bonds. The van der Waals surface area contributed by atoms with E-state index in [4.69, 9.17) is 0 Å². The van der Waals surface area contributed by atoms with Gasteiger partial charge in [0.1, 0.15) is 23.7 Å². The van der Waals surface area contributed by atoms with Gasteiger partial charge in [-0.15, -0.1) is 0 Å². The topological polar surface area (TPSA) is 42.9 Å². The van der Waals surface area contributed by atoms with Gasteiger partial charge in [-0.25, -0.2) is 18.7 Å². The lowest BCUT2D eigenvalue weighted by Gasteiger charge is -2.00. The zero-order valence-corrected chi connectivity index (χ0v) is 8.02. The van der Waals surface area contributed by atoms with E-state index in [0.29, 0.717) is 6.07 Å². The fourth-order valence-corrected chi connectivity index (χ4v) is 1.26. The predicted octanol–water partition coefficient (Wildman–Crippen LogP) is 1.99. The van der Waals surface area contributed by atoms with Crippen molar-refractivity contribution < 1.29 is 13.6 Å². The third kappa shape index (κ3) is 2.08. The van der Waals surface area contributed by atoms with Crippen molar-refractivity contribution in [1.29, 1.82) is 0 Å². The van der Waals surface area contributed by atoms with Crippen molar-refractivity contribution in [2.45, 2.75) is 0 Å². The van der Waals surface area contributed by atoms with Crippen LogP contribution in [-0.2, 0) is 0 Å². The fourth-order valence-electron chi connectivity index (χ4n) is 1.26. The molecule has 0 saturated heterocycles. The summed E-state index contributed by atoms with van der Waals surface area (Å²) < 4.78 is 25.8. The van der Waals surface area contributed by atoms with Gasteiger partial charge in [0.05, 0.1) is 0 Å². The van der Waals surface area contributed by atoms with Crippen molar-refractivity contribution in [2.24, 2.45) is 0 Å². The van der Waals surface area contributed by atoms with E-state index in [1.54, 1.807) is 0 Å². The first-order valence-corrected chi connectivity index (χ1v) is 4.43. The molecule has 3 nitrogen and oxygen atoms in total. The molecule has 2 rings (SSSR count). The quantitative estimate of drug-likeness (QED) is 0.727. The zero-order chi connectivity index (χ0) is 11.5. The second kappa shape index (κ2) is 4.14. The maximum absolute atomic E-state index is 12.9. The molecule has 0 aliphatic rings. The Bertz CT molecular complexity index is 509. The molecule has 0 fully saturated rings. The summed E-state index contributed by atoms with van der Waals surface area (Å²) in [5.41, 5.74) is 0.0243. The van der Waals surface area contributed by atoms with Crippen LogP contribution in [0.1, 0.15) is 16.1 Å². The number of ketones is 1. The number of hydrogen-bond acceptors (Lipinski definition) is 3. The predicted molar refractivity (Wildman–Crippen MR) is 51.8 cm³/mol. The summed E-state index contributed by atoms with van der Waals surface area (Å²) in [7, 11) is 0. The van der Waals surface area contributed by atoms with Gasteiger partial charge < -0.3 is 0 Å². The molecule has 0 saturated carbocycles. The normalized spacial score (nSPS) is 10.1. The minimum absolute atomic E-state index is 0.0730. The average molecular weight is 220 g/mol. The molecule has 80 valence electrons. The SMILES string of the molecule is O=C(c1cc(F)cc(F)c1)c1ccncn1. The summed E-state index contributed by atoms with van der Waals surface area (Å²) in [6.45, 7) is 0. The Hall–Kier alpha value is -2.17. The highest BCUT2D eigenvalue weighted by Crippen LogP contribution is 2.11. The van der Waals surface area contributed by atoms with Crippen molar-refractivity contribution in [2.75, 3.05) is 0 Å². The lowest BCUT2D eigenvalue weighted by molar-refractivity contribution is 0.103. The molecule has 1 heterocycles. The molecule has 1 aromatic heterocycles. The molecule has 0 aliphatic carbocycles. The van der Waals surface area contributed by atoms with Crippen LogP contribution in [0.2, 0.25) is 0 Å². The third-order valence-electron chi connectivity index (χ3n) is 1.94. The number of carbonyl (C=O) groups excluding carboxylic acids is 1. The minimum atomic E-state index is -0.794. The molecule has 16 heavy (non-hydrogen) atoms. The first-order valence-electron chi connectivity index (χ1n) is 4.43. The summed E-state index contributed by atoms with van der Waals surface area (Å²) >= 11 is 0. The van der Waals surface area contributed by atoms with Crippen molar-refractivity contribution in [1.82, 2.24) is 9.97 Å². The van der Waals surface area contributed by atoms with Gasteiger partial charge in [0, 0.05) is 17.8 Å². The Morgan fingerprint density at radius 2 is 1.81 bits per heavy atom. The van der Waals surface area contributed by atoms with Crippen LogP contribution in [0.25, 0.3) is 0 Å². The molecule has 0 aliphatic heterocycles. The summed E-state index contributed by atoms with van der Waals surface area (Å²) in [5.74, 6) is -2.13. The van der Waals surface area contributed by atoms with Gasteiger partial charge in [-0.2, -0.15) is 0 Å². The monoisotopic (exact) mass is 220 g/mol. The van der Waals surface area contributed by atoms with Crippen LogP contribution < -0.4 is 0 Å². The Balaban J connectivity index is 2.42. The van der Waals surface area contributed by atoms with Gasteiger partial charge in [0.15, 0.2) is 0 Å². The van der Waals surface area contributed by atoms with E-state index in [1.165, 1.54) is 18.6 Å². The first-order chi connectivity index (χ1) is 7.66. The van der Waals surface area contributed by atoms with E-state index in [9.17, 15) is 13.6 Å². The van der Waals surface area contributed by atoms with Crippen LogP contribution in [-0.4, -0.2) is 15.8 Å². The van der Waals surface area contributed by atoms with Crippen molar-refractivity contribution in [3.05, 3.63) is 59.7 Å². The second-order valence-electron chi connectivity index (χ2n) is 3.08. The van der Waals surface area contributed by atoms with Gasteiger partial charge in [0.2, 0.25) is 5.78 Å². The molecular formula is C11H6F2N2O. The molecule has 0 unspecified atom stereocenters. The van der Waals surface area contributed by atoms with Crippen LogP contribution in [0.3, 0.4) is 0 Å².